The molecule has 2 N–H and O–H groups in total. The quantitative estimate of drug-likeness (QED) is 0.512. The van der Waals surface area contributed by atoms with Crippen molar-refractivity contribution in [2.45, 2.75) is 27.2 Å². The van der Waals surface area contributed by atoms with Crippen LogP contribution in [0.2, 0.25) is 0 Å². The largest absolute Gasteiger partial charge is 0.372 e. The molecule has 0 radical (unpaired) electrons. The summed E-state index contributed by atoms with van der Waals surface area (Å²) in [5.41, 5.74) is 4.30. The van der Waals surface area contributed by atoms with Gasteiger partial charge in [0.05, 0.1) is 0 Å². The van der Waals surface area contributed by atoms with Crippen molar-refractivity contribution in [1.29, 1.82) is 5.26 Å². The molecule has 2 aromatic rings. The first kappa shape index (κ1) is 21.0. The van der Waals surface area contributed by atoms with E-state index in [1.165, 1.54) is 6.20 Å². The minimum atomic E-state index is -0.372. The number of aryl methyl sites for hydroxylation is 1. The SMILES string of the molecule is CCN(CC)c1ccc(N/C=C(/C#N)C(=O)NCCc2ccccc2)c(C)c1. The highest BCUT2D eigenvalue weighted by atomic mass is 16.1. The first-order valence-electron chi connectivity index (χ1n) is 9.63. The Labute approximate surface area is 167 Å². The molecule has 0 aliphatic rings. The molecule has 5 heteroatoms. The molecule has 1 amide bonds. The highest BCUT2D eigenvalue weighted by Crippen LogP contribution is 2.22. The molecule has 2 aromatic carbocycles. The van der Waals surface area contributed by atoms with E-state index in [1.54, 1.807) is 0 Å². The summed E-state index contributed by atoms with van der Waals surface area (Å²) in [5, 5.41) is 15.2. The third-order valence-corrected chi connectivity index (χ3v) is 4.62. The normalized spacial score (nSPS) is 10.9. The zero-order chi connectivity index (χ0) is 20.4. The fourth-order valence-corrected chi connectivity index (χ4v) is 2.95. The van der Waals surface area contributed by atoms with Crippen molar-refractivity contribution in [2.75, 3.05) is 29.9 Å². The number of carbonyl (C=O) groups excluding carboxylic acids is 1. The van der Waals surface area contributed by atoms with Gasteiger partial charge in [0.15, 0.2) is 0 Å². The van der Waals surface area contributed by atoms with Gasteiger partial charge in [0.25, 0.3) is 5.91 Å². The summed E-state index contributed by atoms with van der Waals surface area (Å²) >= 11 is 0. The molecule has 0 unspecified atom stereocenters. The molecule has 0 aliphatic carbocycles. The van der Waals surface area contributed by atoms with E-state index in [0.29, 0.717) is 6.54 Å². The molecule has 0 bridgehead atoms. The van der Waals surface area contributed by atoms with Gasteiger partial charge in [-0.25, -0.2) is 0 Å². The van der Waals surface area contributed by atoms with Crippen LogP contribution < -0.4 is 15.5 Å². The standard InChI is InChI=1S/C23H28N4O/c1-4-27(5-2)21-11-12-22(18(3)15-21)26-17-20(16-24)23(28)25-14-13-19-9-7-6-8-10-19/h6-12,15,17,26H,4-5,13-14H2,1-3H3,(H,25,28)/b20-17-. The lowest BCUT2D eigenvalue weighted by Crippen LogP contribution is -2.27. The van der Waals surface area contributed by atoms with Crippen molar-refractivity contribution in [3.05, 3.63) is 71.4 Å². The average Bonchev–Trinajstić information content (AvgIpc) is 2.71. The van der Waals surface area contributed by atoms with Crippen LogP contribution in [-0.4, -0.2) is 25.5 Å². The summed E-state index contributed by atoms with van der Waals surface area (Å²) in [5.74, 6) is -0.372. The molecule has 0 fully saturated rings. The van der Waals surface area contributed by atoms with E-state index in [2.05, 4.69) is 35.4 Å². The van der Waals surface area contributed by atoms with Crippen LogP contribution in [0.3, 0.4) is 0 Å². The molecule has 146 valence electrons. The number of amides is 1. The summed E-state index contributed by atoms with van der Waals surface area (Å²) < 4.78 is 0. The van der Waals surface area contributed by atoms with Gasteiger partial charge >= 0.3 is 0 Å². The Morgan fingerprint density at radius 2 is 1.86 bits per heavy atom. The van der Waals surface area contributed by atoms with E-state index in [4.69, 9.17) is 0 Å². The number of anilines is 2. The van der Waals surface area contributed by atoms with E-state index in [0.717, 1.165) is 42.0 Å². The summed E-state index contributed by atoms with van der Waals surface area (Å²) in [6, 6.07) is 18.0. The van der Waals surface area contributed by atoms with Gasteiger partial charge in [-0.15, -0.1) is 0 Å². The molecule has 0 saturated carbocycles. The summed E-state index contributed by atoms with van der Waals surface area (Å²) in [6.45, 7) is 8.65. The fraction of sp³-hybridized carbons (Fsp3) is 0.304. The Hall–Kier alpha value is -3.26. The van der Waals surface area contributed by atoms with Crippen LogP contribution in [0.5, 0.6) is 0 Å². The molecule has 5 nitrogen and oxygen atoms in total. The van der Waals surface area contributed by atoms with Crippen LogP contribution in [0, 0.1) is 18.3 Å². The number of rotatable bonds is 9. The number of hydrogen-bond donors (Lipinski definition) is 2. The average molecular weight is 377 g/mol. The Bertz CT molecular complexity index is 849. The Morgan fingerprint density at radius 3 is 2.46 bits per heavy atom. The smallest absolute Gasteiger partial charge is 0.263 e. The maximum Gasteiger partial charge on any atom is 0.263 e. The summed E-state index contributed by atoms with van der Waals surface area (Å²) in [4.78, 5) is 14.5. The van der Waals surface area contributed by atoms with Crippen molar-refractivity contribution in [3.8, 4) is 6.07 Å². The van der Waals surface area contributed by atoms with E-state index in [-0.39, 0.29) is 11.5 Å². The zero-order valence-corrected chi connectivity index (χ0v) is 16.8. The lowest BCUT2D eigenvalue weighted by molar-refractivity contribution is -0.117. The first-order chi connectivity index (χ1) is 13.6. The van der Waals surface area contributed by atoms with Gasteiger partial charge < -0.3 is 15.5 Å². The van der Waals surface area contributed by atoms with Crippen molar-refractivity contribution < 1.29 is 4.79 Å². The Balaban J connectivity index is 1.96. The fourth-order valence-electron chi connectivity index (χ4n) is 2.95. The van der Waals surface area contributed by atoms with Gasteiger partial charge in [-0.3, -0.25) is 4.79 Å². The van der Waals surface area contributed by atoms with E-state index >= 15 is 0 Å². The minimum Gasteiger partial charge on any atom is -0.372 e. The summed E-state index contributed by atoms with van der Waals surface area (Å²) in [6.07, 6.45) is 2.20. The first-order valence-corrected chi connectivity index (χ1v) is 9.63. The molecule has 0 aliphatic heterocycles. The molecular formula is C23H28N4O. The second-order valence-electron chi connectivity index (χ2n) is 6.48. The van der Waals surface area contributed by atoms with Gasteiger partial charge in [0.1, 0.15) is 11.6 Å². The molecule has 0 saturated heterocycles. The van der Waals surface area contributed by atoms with E-state index in [1.807, 2.05) is 55.5 Å². The molecule has 0 atom stereocenters. The van der Waals surface area contributed by atoms with Crippen molar-refractivity contribution >= 4 is 17.3 Å². The Morgan fingerprint density at radius 1 is 1.14 bits per heavy atom. The predicted molar refractivity (Wildman–Crippen MR) is 115 cm³/mol. The van der Waals surface area contributed by atoms with Gasteiger partial charge in [0.2, 0.25) is 0 Å². The van der Waals surface area contributed by atoms with Crippen LogP contribution in [0.15, 0.2) is 60.3 Å². The lowest BCUT2D eigenvalue weighted by Gasteiger charge is -2.22. The minimum absolute atomic E-state index is 0.0558. The van der Waals surface area contributed by atoms with E-state index in [9.17, 15) is 10.1 Å². The van der Waals surface area contributed by atoms with Crippen molar-refractivity contribution in [2.24, 2.45) is 0 Å². The van der Waals surface area contributed by atoms with Gasteiger partial charge in [-0.1, -0.05) is 30.3 Å². The molecule has 0 heterocycles. The maximum absolute atomic E-state index is 12.2. The Kier molecular flexibility index (Phi) is 8.11. The molecule has 0 aromatic heterocycles. The van der Waals surface area contributed by atoms with Crippen LogP contribution in [-0.2, 0) is 11.2 Å². The zero-order valence-electron chi connectivity index (χ0n) is 16.8. The number of nitrogens with zero attached hydrogens (tertiary/aromatic N) is 2. The molecule has 2 rings (SSSR count). The number of benzene rings is 2. The third-order valence-electron chi connectivity index (χ3n) is 4.62. The monoisotopic (exact) mass is 376 g/mol. The molecule has 28 heavy (non-hydrogen) atoms. The highest BCUT2D eigenvalue weighted by molar-refractivity contribution is 5.97. The highest BCUT2D eigenvalue weighted by Gasteiger charge is 2.09. The van der Waals surface area contributed by atoms with Crippen LogP contribution >= 0.6 is 0 Å². The summed E-state index contributed by atoms with van der Waals surface area (Å²) in [7, 11) is 0. The topological polar surface area (TPSA) is 68.2 Å². The van der Waals surface area contributed by atoms with Gasteiger partial charge in [0, 0.05) is 37.2 Å². The van der Waals surface area contributed by atoms with Crippen LogP contribution in [0.4, 0.5) is 11.4 Å². The lowest BCUT2D eigenvalue weighted by atomic mass is 10.1. The van der Waals surface area contributed by atoms with E-state index < -0.39 is 0 Å². The van der Waals surface area contributed by atoms with Crippen LogP contribution in [0.1, 0.15) is 25.0 Å². The van der Waals surface area contributed by atoms with Gasteiger partial charge in [-0.2, -0.15) is 5.26 Å². The predicted octanol–water partition coefficient (Wildman–Crippen LogP) is 4.02. The number of hydrogen-bond acceptors (Lipinski definition) is 4. The number of nitrogens with one attached hydrogen (secondary N) is 2. The molecule has 0 spiro atoms. The third kappa shape index (κ3) is 5.88. The number of nitriles is 1. The second-order valence-corrected chi connectivity index (χ2v) is 6.48. The maximum atomic E-state index is 12.2. The number of carbonyl (C=O) groups is 1. The van der Waals surface area contributed by atoms with Crippen LogP contribution in [0.25, 0.3) is 0 Å². The molecular weight excluding hydrogens is 348 g/mol. The van der Waals surface area contributed by atoms with Crippen molar-refractivity contribution in [1.82, 2.24) is 5.32 Å². The van der Waals surface area contributed by atoms with Crippen molar-refractivity contribution in [3.63, 3.8) is 0 Å². The second kappa shape index (κ2) is 10.8. The van der Waals surface area contributed by atoms with Gasteiger partial charge in [-0.05, 0) is 56.5 Å².